The van der Waals surface area contributed by atoms with Crippen molar-refractivity contribution in [2.24, 2.45) is 0 Å². The van der Waals surface area contributed by atoms with Gasteiger partial charge in [-0.2, -0.15) is 0 Å². The molecule has 1 aliphatic carbocycles. The lowest BCUT2D eigenvalue weighted by atomic mass is 9.77. The molecule has 0 saturated heterocycles. The largest absolute Gasteiger partial charge is 0.535 e. The highest BCUT2D eigenvalue weighted by Crippen LogP contribution is 2.60. The van der Waals surface area contributed by atoms with Crippen LogP contribution in [0.1, 0.15) is 28.3 Å². The molecule has 1 heterocycles. The second-order valence-electron chi connectivity index (χ2n) is 4.04. The Labute approximate surface area is 86.6 Å². The van der Waals surface area contributed by atoms with E-state index in [4.69, 9.17) is 9.76 Å². The molecule has 4 nitrogen and oxygen atoms in total. The van der Waals surface area contributed by atoms with Gasteiger partial charge in [0, 0.05) is 5.82 Å². The second-order valence-corrected chi connectivity index (χ2v) is 4.04. The van der Waals surface area contributed by atoms with Crippen LogP contribution in [0.15, 0.2) is 18.2 Å². The molecule has 2 N–H and O–H groups in total. The fourth-order valence-corrected chi connectivity index (χ4v) is 2.24. The third-order valence-corrected chi connectivity index (χ3v) is 3.12. The third-order valence-electron chi connectivity index (χ3n) is 3.12. The Hall–Kier alpha value is -1.49. The van der Waals surface area contributed by atoms with Crippen LogP contribution in [0.4, 0.5) is 0 Å². The van der Waals surface area contributed by atoms with Gasteiger partial charge in [-0.3, -0.25) is 0 Å². The second kappa shape index (κ2) is 2.76. The molecule has 0 amide bonds. The highest BCUT2D eigenvalue weighted by atomic mass is 16.5. The first kappa shape index (κ1) is 8.79. The summed E-state index contributed by atoms with van der Waals surface area (Å²) in [5.41, 5.74) is 1.06. The average Bonchev–Trinajstić information content (AvgIpc) is 2.97. The Morgan fingerprint density at radius 2 is 2.33 bits per heavy atom. The molecule has 2 atom stereocenters. The lowest BCUT2D eigenvalue weighted by molar-refractivity contribution is 0.0694. The van der Waals surface area contributed by atoms with Crippen LogP contribution in [0, 0.1) is 0 Å². The predicted molar refractivity (Wildman–Crippen MR) is 53.1 cm³/mol. The SMILES string of the molecule is O=C(O)c1cccc2c1OB(O)[C@@H]1C[C@H]21. The summed E-state index contributed by atoms with van der Waals surface area (Å²) < 4.78 is 5.25. The van der Waals surface area contributed by atoms with Gasteiger partial charge in [0.05, 0.1) is 5.56 Å². The molecule has 76 valence electrons. The number of benzene rings is 1. The summed E-state index contributed by atoms with van der Waals surface area (Å²) in [5, 5.41) is 18.5. The van der Waals surface area contributed by atoms with Crippen LogP contribution in [0.3, 0.4) is 0 Å². The van der Waals surface area contributed by atoms with E-state index in [0.717, 1.165) is 12.0 Å². The molecule has 5 heteroatoms. The molecular weight excluding hydrogens is 195 g/mol. The zero-order valence-corrected chi connectivity index (χ0v) is 7.88. The Kier molecular flexibility index (Phi) is 1.62. The number of carboxylic acid groups (broad SMARTS) is 1. The molecule has 0 bridgehead atoms. The van der Waals surface area contributed by atoms with E-state index in [1.165, 1.54) is 6.07 Å². The molecule has 1 saturated carbocycles. The summed E-state index contributed by atoms with van der Waals surface area (Å²) in [6.07, 6.45) is 0.886. The maximum Gasteiger partial charge on any atom is 0.526 e. The van der Waals surface area contributed by atoms with E-state index < -0.39 is 13.1 Å². The van der Waals surface area contributed by atoms with Gasteiger partial charge in [-0.25, -0.2) is 4.79 Å². The zero-order chi connectivity index (χ0) is 10.6. The molecule has 0 unspecified atom stereocenters. The number of hydrogen-bond acceptors (Lipinski definition) is 3. The van der Waals surface area contributed by atoms with Crippen LogP contribution >= 0.6 is 0 Å². The Balaban J connectivity index is 2.14. The highest BCUT2D eigenvalue weighted by molar-refractivity contribution is 6.48. The van der Waals surface area contributed by atoms with Crippen molar-refractivity contribution < 1.29 is 19.6 Å². The van der Waals surface area contributed by atoms with Crippen molar-refractivity contribution in [2.75, 3.05) is 0 Å². The van der Waals surface area contributed by atoms with Crippen LogP contribution in [0.5, 0.6) is 5.75 Å². The lowest BCUT2D eigenvalue weighted by Gasteiger charge is -2.20. The molecule has 0 aromatic heterocycles. The lowest BCUT2D eigenvalue weighted by Crippen LogP contribution is -2.27. The molecule has 0 spiro atoms. The molecule has 1 aliphatic heterocycles. The Morgan fingerprint density at radius 1 is 1.53 bits per heavy atom. The molecule has 1 aromatic rings. The minimum absolute atomic E-state index is 0.136. The first-order chi connectivity index (χ1) is 7.18. The Bertz CT molecular complexity index is 445. The number of rotatable bonds is 1. The van der Waals surface area contributed by atoms with Crippen LogP contribution in [-0.2, 0) is 0 Å². The monoisotopic (exact) mass is 204 g/mol. The van der Waals surface area contributed by atoms with Crippen molar-refractivity contribution in [1.82, 2.24) is 0 Å². The van der Waals surface area contributed by atoms with E-state index in [1.54, 1.807) is 6.07 Å². The fraction of sp³-hybridized carbons (Fsp3) is 0.300. The van der Waals surface area contributed by atoms with E-state index >= 15 is 0 Å². The Morgan fingerprint density at radius 3 is 3.07 bits per heavy atom. The third kappa shape index (κ3) is 1.16. The maximum atomic E-state index is 10.9. The van der Waals surface area contributed by atoms with E-state index in [-0.39, 0.29) is 17.3 Å². The number of hydrogen-bond donors (Lipinski definition) is 2. The predicted octanol–water partition coefficient (Wildman–Crippen LogP) is 1.12. The minimum atomic E-state index is -1.02. The molecule has 0 radical (unpaired) electrons. The normalized spacial score (nSPS) is 26.3. The molecule has 15 heavy (non-hydrogen) atoms. The highest BCUT2D eigenvalue weighted by Gasteiger charge is 2.54. The van der Waals surface area contributed by atoms with Crippen LogP contribution in [-0.4, -0.2) is 23.2 Å². The van der Waals surface area contributed by atoms with E-state index in [0.29, 0.717) is 5.75 Å². The first-order valence-corrected chi connectivity index (χ1v) is 4.89. The van der Waals surface area contributed by atoms with E-state index in [2.05, 4.69) is 0 Å². The van der Waals surface area contributed by atoms with Crippen molar-refractivity contribution >= 4 is 13.1 Å². The molecule has 3 rings (SSSR count). The molecule has 1 fully saturated rings. The van der Waals surface area contributed by atoms with Gasteiger partial charge in [0.1, 0.15) is 5.75 Å². The number of para-hydroxylation sites is 1. The van der Waals surface area contributed by atoms with Gasteiger partial charge in [0.15, 0.2) is 0 Å². The zero-order valence-electron chi connectivity index (χ0n) is 7.88. The summed E-state index contributed by atoms with van der Waals surface area (Å²) in [4.78, 5) is 10.9. The van der Waals surface area contributed by atoms with Crippen molar-refractivity contribution in [2.45, 2.75) is 18.2 Å². The van der Waals surface area contributed by atoms with Crippen LogP contribution < -0.4 is 4.65 Å². The summed E-state index contributed by atoms with van der Waals surface area (Å²) in [6, 6.07) is 5.09. The van der Waals surface area contributed by atoms with Gasteiger partial charge in [-0.1, -0.05) is 12.1 Å². The van der Waals surface area contributed by atoms with Crippen molar-refractivity contribution in [3.05, 3.63) is 29.3 Å². The van der Waals surface area contributed by atoms with Crippen molar-refractivity contribution in [3.8, 4) is 5.75 Å². The summed E-state index contributed by atoms with van der Waals surface area (Å²) in [5.74, 6) is -0.237. The molecular formula is C10H9BO4. The van der Waals surface area contributed by atoms with Gasteiger partial charge in [0.25, 0.3) is 0 Å². The van der Waals surface area contributed by atoms with Crippen LogP contribution in [0.2, 0.25) is 5.82 Å². The summed E-state index contributed by atoms with van der Waals surface area (Å²) in [7, 11) is -0.844. The van der Waals surface area contributed by atoms with Gasteiger partial charge in [-0.05, 0) is 24.0 Å². The minimum Gasteiger partial charge on any atom is -0.535 e. The van der Waals surface area contributed by atoms with Crippen molar-refractivity contribution in [1.29, 1.82) is 0 Å². The average molecular weight is 204 g/mol. The maximum absolute atomic E-state index is 10.9. The van der Waals surface area contributed by atoms with E-state index in [9.17, 15) is 9.82 Å². The van der Waals surface area contributed by atoms with Gasteiger partial charge < -0.3 is 14.8 Å². The topological polar surface area (TPSA) is 66.8 Å². The number of fused-ring (bicyclic) bond motifs is 3. The summed E-state index contributed by atoms with van der Waals surface area (Å²) in [6.45, 7) is 0. The fourth-order valence-electron chi connectivity index (χ4n) is 2.24. The quantitative estimate of drug-likeness (QED) is 0.672. The number of carboxylic acids is 1. The van der Waals surface area contributed by atoms with Gasteiger partial charge >= 0.3 is 13.1 Å². The van der Waals surface area contributed by atoms with Crippen molar-refractivity contribution in [3.63, 3.8) is 0 Å². The number of aromatic carboxylic acids is 1. The standard InChI is InChI=1S/C10H9BO4/c12-10(13)6-3-1-2-5-7-4-8(7)11(14)15-9(5)6/h1-3,7-8,14H,4H2,(H,12,13)/t7-,8-/m1/s1. The van der Waals surface area contributed by atoms with Gasteiger partial charge in [-0.15, -0.1) is 0 Å². The first-order valence-electron chi connectivity index (χ1n) is 4.89. The van der Waals surface area contributed by atoms with Crippen LogP contribution in [0.25, 0.3) is 0 Å². The molecule has 1 aromatic carbocycles. The summed E-state index contributed by atoms with van der Waals surface area (Å²) >= 11 is 0. The van der Waals surface area contributed by atoms with Gasteiger partial charge in [0.2, 0.25) is 0 Å². The smallest absolute Gasteiger partial charge is 0.526 e. The number of carbonyl (C=O) groups is 1. The molecule has 2 aliphatic rings. The van der Waals surface area contributed by atoms with E-state index in [1.807, 2.05) is 6.07 Å².